The van der Waals surface area contributed by atoms with Crippen LogP contribution in [-0.4, -0.2) is 48.0 Å². The summed E-state index contributed by atoms with van der Waals surface area (Å²) in [5, 5.41) is 2.51. The predicted molar refractivity (Wildman–Crippen MR) is 123 cm³/mol. The van der Waals surface area contributed by atoms with Crippen LogP contribution in [0.25, 0.3) is 0 Å². The second kappa shape index (κ2) is 8.81. The molecule has 35 heavy (non-hydrogen) atoms. The van der Waals surface area contributed by atoms with Crippen LogP contribution in [0.1, 0.15) is 54.7 Å². The smallest absolute Gasteiger partial charge is 0.273 e. The van der Waals surface area contributed by atoms with E-state index in [4.69, 9.17) is 11.6 Å². The molecule has 1 saturated heterocycles. The van der Waals surface area contributed by atoms with Crippen molar-refractivity contribution < 1.29 is 26.8 Å². The summed E-state index contributed by atoms with van der Waals surface area (Å²) in [4.78, 5) is 32.2. The molecule has 2 heterocycles. The first-order valence-electron chi connectivity index (χ1n) is 11.6. The lowest BCUT2D eigenvalue weighted by Crippen LogP contribution is -2.49. The summed E-state index contributed by atoms with van der Waals surface area (Å²) in [6.07, 6.45) is 3.99. The first-order valence-corrected chi connectivity index (χ1v) is 13.6. The first-order chi connectivity index (χ1) is 16.6. The summed E-state index contributed by atoms with van der Waals surface area (Å²) in [5.74, 6) is -2.42. The Morgan fingerprint density at radius 1 is 1.20 bits per heavy atom. The van der Waals surface area contributed by atoms with E-state index in [1.54, 1.807) is 0 Å². The number of hydrogen-bond donors (Lipinski definition) is 1. The lowest BCUT2D eigenvalue weighted by atomic mass is 10.00. The summed E-state index contributed by atoms with van der Waals surface area (Å²) in [6, 6.07) is 2.82. The van der Waals surface area contributed by atoms with Gasteiger partial charge in [-0.1, -0.05) is 18.5 Å². The van der Waals surface area contributed by atoms with E-state index < -0.39 is 45.4 Å². The lowest BCUT2D eigenvalue weighted by molar-refractivity contribution is -0.126. The third kappa shape index (κ3) is 4.53. The van der Waals surface area contributed by atoms with Crippen molar-refractivity contribution >= 4 is 33.3 Å². The second-order valence-corrected chi connectivity index (χ2v) is 12.1. The number of nitrogens with zero attached hydrogens (tertiary/aromatic N) is 2. The molecule has 11 heteroatoms. The Morgan fingerprint density at radius 3 is 2.63 bits per heavy atom. The standard InChI is InChI=1S/C24H24ClF2N3O4S/c1-2-35(33,34)14-5-6-28-19(9-14)24(32)30-20-7-13(20)8-21(30)23(31)29-22(12-3-4-12)15-10-18(27)16(25)11-17(15)26/h5-6,9-13,20-22H,2-4,7-8H2,1H3,(H,29,31)/t13-,20-,21-,22-/m1/s1. The van der Waals surface area contributed by atoms with E-state index in [2.05, 4.69) is 10.3 Å². The molecule has 0 unspecified atom stereocenters. The highest BCUT2D eigenvalue weighted by molar-refractivity contribution is 7.91. The van der Waals surface area contributed by atoms with Gasteiger partial charge in [0.15, 0.2) is 9.84 Å². The summed E-state index contributed by atoms with van der Waals surface area (Å²) >= 11 is 5.69. The molecule has 3 fully saturated rings. The Kier molecular flexibility index (Phi) is 6.07. The van der Waals surface area contributed by atoms with Crippen LogP contribution in [0.3, 0.4) is 0 Å². The number of pyridine rings is 1. The highest BCUT2D eigenvalue weighted by Crippen LogP contribution is 2.49. The fourth-order valence-corrected chi connectivity index (χ4v) is 5.95. The Labute approximate surface area is 206 Å². The third-order valence-corrected chi connectivity index (χ3v) is 9.12. The van der Waals surface area contributed by atoms with Crippen LogP contribution in [0.5, 0.6) is 0 Å². The Hall–Kier alpha value is -2.59. The van der Waals surface area contributed by atoms with Crippen molar-refractivity contribution in [3.05, 3.63) is 58.4 Å². The number of carbonyl (C=O) groups excluding carboxylic acids is 2. The molecule has 186 valence electrons. The molecule has 2 amide bonds. The average Bonchev–Trinajstić information content (AvgIpc) is 3.77. The molecule has 1 aliphatic heterocycles. The summed E-state index contributed by atoms with van der Waals surface area (Å²) in [6.45, 7) is 1.51. The largest absolute Gasteiger partial charge is 0.347 e. The van der Waals surface area contributed by atoms with Gasteiger partial charge in [0, 0.05) is 17.8 Å². The minimum Gasteiger partial charge on any atom is -0.347 e. The van der Waals surface area contributed by atoms with Gasteiger partial charge in [-0.25, -0.2) is 17.2 Å². The summed E-state index contributed by atoms with van der Waals surface area (Å²) < 4.78 is 53.2. The van der Waals surface area contributed by atoms with Gasteiger partial charge in [0.1, 0.15) is 23.4 Å². The van der Waals surface area contributed by atoms with Gasteiger partial charge in [0.2, 0.25) is 5.91 Å². The number of benzene rings is 1. The number of fused-ring (bicyclic) bond motifs is 1. The number of piperidine rings is 1. The summed E-state index contributed by atoms with van der Waals surface area (Å²) in [7, 11) is -3.54. The van der Waals surface area contributed by atoms with Crippen LogP contribution < -0.4 is 5.32 Å². The number of likely N-dealkylation sites (tertiary alicyclic amines) is 1. The maximum absolute atomic E-state index is 14.6. The van der Waals surface area contributed by atoms with E-state index in [0.717, 1.165) is 31.4 Å². The molecule has 0 radical (unpaired) electrons. The van der Waals surface area contributed by atoms with Crippen LogP contribution >= 0.6 is 11.6 Å². The lowest BCUT2D eigenvalue weighted by Gasteiger charge is -2.29. The number of amides is 2. The molecule has 3 aliphatic rings. The molecular weight excluding hydrogens is 500 g/mol. The van der Waals surface area contributed by atoms with Gasteiger partial charge < -0.3 is 10.2 Å². The molecule has 4 atom stereocenters. The molecule has 2 aliphatic carbocycles. The number of hydrogen-bond acceptors (Lipinski definition) is 5. The van der Waals surface area contributed by atoms with Gasteiger partial charge in [-0.05, 0) is 61.8 Å². The average molecular weight is 524 g/mol. The molecule has 2 saturated carbocycles. The fraction of sp³-hybridized carbons (Fsp3) is 0.458. The van der Waals surface area contributed by atoms with Gasteiger partial charge in [-0.3, -0.25) is 14.6 Å². The van der Waals surface area contributed by atoms with Gasteiger partial charge in [-0.15, -0.1) is 0 Å². The minimum absolute atomic E-state index is 0.0000620. The molecule has 1 aromatic heterocycles. The number of carbonyl (C=O) groups is 2. The first kappa shape index (κ1) is 24.1. The van der Waals surface area contributed by atoms with E-state index >= 15 is 0 Å². The zero-order valence-corrected chi connectivity index (χ0v) is 20.5. The van der Waals surface area contributed by atoms with Crippen molar-refractivity contribution in [2.45, 2.75) is 55.6 Å². The normalized spacial score (nSPS) is 24.1. The van der Waals surface area contributed by atoms with E-state index in [1.807, 2.05) is 0 Å². The van der Waals surface area contributed by atoms with E-state index in [1.165, 1.54) is 30.2 Å². The van der Waals surface area contributed by atoms with E-state index in [-0.39, 0.29) is 44.8 Å². The van der Waals surface area contributed by atoms with Crippen molar-refractivity contribution in [2.24, 2.45) is 11.8 Å². The van der Waals surface area contributed by atoms with Crippen molar-refractivity contribution in [2.75, 3.05) is 5.75 Å². The molecule has 2 aromatic rings. The van der Waals surface area contributed by atoms with Crippen LogP contribution in [0, 0.1) is 23.5 Å². The molecule has 7 nitrogen and oxygen atoms in total. The molecule has 5 rings (SSSR count). The van der Waals surface area contributed by atoms with E-state index in [9.17, 15) is 26.8 Å². The van der Waals surface area contributed by atoms with Crippen molar-refractivity contribution in [3.63, 3.8) is 0 Å². The van der Waals surface area contributed by atoms with Gasteiger partial charge in [-0.2, -0.15) is 0 Å². The van der Waals surface area contributed by atoms with Crippen LogP contribution in [0.2, 0.25) is 5.02 Å². The molecule has 0 spiro atoms. The number of sulfone groups is 1. The number of aromatic nitrogens is 1. The molecule has 1 N–H and O–H groups in total. The molecule has 1 aromatic carbocycles. The Morgan fingerprint density at radius 2 is 1.94 bits per heavy atom. The molecule has 0 bridgehead atoms. The summed E-state index contributed by atoms with van der Waals surface area (Å²) in [5.41, 5.74) is -0.0163. The van der Waals surface area contributed by atoms with Crippen LogP contribution in [0.15, 0.2) is 35.4 Å². The zero-order valence-electron chi connectivity index (χ0n) is 18.9. The van der Waals surface area contributed by atoms with Crippen molar-refractivity contribution in [3.8, 4) is 0 Å². The second-order valence-electron chi connectivity index (χ2n) is 9.42. The minimum atomic E-state index is -3.54. The highest BCUT2D eigenvalue weighted by Gasteiger charge is 2.56. The van der Waals surface area contributed by atoms with Crippen molar-refractivity contribution in [1.82, 2.24) is 15.2 Å². The third-order valence-electron chi connectivity index (χ3n) is 7.10. The predicted octanol–water partition coefficient (Wildman–Crippen LogP) is 3.68. The van der Waals surface area contributed by atoms with Gasteiger partial charge >= 0.3 is 0 Å². The highest BCUT2D eigenvalue weighted by atomic mass is 35.5. The van der Waals surface area contributed by atoms with Gasteiger partial charge in [0.25, 0.3) is 5.91 Å². The fourth-order valence-electron chi connectivity index (χ4n) is 4.91. The quantitative estimate of drug-likeness (QED) is 0.558. The monoisotopic (exact) mass is 523 g/mol. The molecular formula is C24H24ClF2N3O4S. The van der Waals surface area contributed by atoms with Gasteiger partial charge in [0.05, 0.1) is 21.7 Å². The number of halogens is 3. The van der Waals surface area contributed by atoms with Crippen molar-refractivity contribution in [1.29, 1.82) is 0 Å². The van der Waals surface area contributed by atoms with Crippen LogP contribution in [-0.2, 0) is 14.6 Å². The van der Waals surface area contributed by atoms with Crippen LogP contribution in [0.4, 0.5) is 8.78 Å². The Bertz CT molecular complexity index is 1320. The zero-order chi connectivity index (χ0) is 25.1. The topological polar surface area (TPSA) is 96.4 Å². The number of nitrogens with one attached hydrogen (secondary N) is 1. The number of rotatable bonds is 7. The van der Waals surface area contributed by atoms with E-state index in [0.29, 0.717) is 6.42 Å². The SMILES string of the molecule is CCS(=O)(=O)c1ccnc(C(=O)N2[C@@H](C(=O)N[C@@H](c3cc(F)c(Cl)cc3F)C3CC3)C[C@H]3C[C@H]32)c1. The maximum atomic E-state index is 14.6. The Balaban J connectivity index is 1.39. The maximum Gasteiger partial charge on any atom is 0.273 e.